The molecule has 0 aromatic carbocycles. The molecule has 0 aromatic rings. The van der Waals surface area contributed by atoms with E-state index in [1.807, 2.05) is 0 Å². The van der Waals surface area contributed by atoms with Crippen molar-refractivity contribution in [2.45, 2.75) is 51.4 Å². The first-order valence-electron chi connectivity index (χ1n) is 5.16. The molecule has 1 heterocycles. The molecule has 16 heavy (non-hydrogen) atoms. The molecule has 1 rings (SSSR count). The summed E-state index contributed by atoms with van der Waals surface area (Å²) in [7, 11) is 0. The molecule has 4 nitrogen and oxygen atoms in total. The monoisotopic (exact) mass is 237 g/mol. The highest BCUT2D eigenvalue weighted by Crippen LogP contribution is 2.25. The highest BCUT2D eigenvalue weighted by atomic mass is 19.3. The molecular weight excluding hydrogens is 220 g/mol. The summed E-state index contributed by atoms with van der Waals surface area (Å²) in [5, 5.41) is 9.28. The summed E-state index contributed by atoms with van der Waals surface area (Å²) in [6.45, 7) is 4.89. The Kier molecular flexibility index (Phi) is 3.72. The average Bonchev–Trinajstić information content (AvgIpc) is 2.44. The fourth-order valence-corrected chi connectivity index (χ4v) is 1.61. The molecule has 0 radical (unpaired) electrons. The second-order valence-electron chi connectivity index (χ2n) is 4.92. The molecule has 0 bridgehead atoms. The van der Waals surface area contributed by atoms with Crippen molar-refractivity contribution in [2.24, 2.45) is 0 Å². The number of carbonyl (C=O) groups is 1. The van der Waals surface area contributed by atoms with Crippen LogP contribution in [0.2, 0.25) is 0 Å². The number of β-amino-alcohol motifs (C(OH)–C–C–N with tert-alkyl or cyclic N) is 1. The molecule has 1 aliphatic rings. The van der Waals surface area contributed by atoms with E-state index in [4.69, 9.17) is 4.74 Å². The van der Waals surface area contributed by atoms with Crippen LogP contribution in [-0.2, 0) is 4.74 Å². The molecule has 1 fully saturated rings. The SMILES string of the molecule is CC(C)(C)OC(=O)N1C[C@H](O)C[C@H]1C(F)F. The number of aliphatic hydroxyl groups is 1. The van der Waals surface area contributed by atoms with Crippen molar-refractivity contribution >= 4 is 6.09 Å². The van der Waals surface area contributed by atoms with Gasteiger partial charge in [0.1, 0.15) is 5.60 Å². The summed E-state index contributed by atoms with van der Waals surface area (Å²) in [6.07, 6.45) is -4.46. The maximum atomic E-state index is 12.6. The zero-order valence-electron chi connectivity index (χ0n) is 9.61. The molecule has 1 saturated heterocycles. The third kappa shape index (κ3) is 3.30. The molecule has 0 saturated carbocycles. The predicted octanol–water partition coefficient (Wildman–Crippen LogP) is 1.62. The minimum Gasteiger partial charge on any atom is -0.444 e. The van der Waals surface area contributed by atoms with Gasteiger partial charge in [-0.15, -0.1) is 0 Å². The zero-order valence-corrected chi connectivity index (χ0v) is 9.61. The summed E-state index contributed by atoms with van der Waals surface area (Å²) in [5.41, 5.74) is -0.725. The van der Waals surface area contributed by atoms with Crippen LogP contribution in [0, 0.1) is 0 Å². The van der Waals surface area contributed by atoms with Gasteiger partial charge in [0, 0.05) is 6.42 Å². The topological polar surface area (TPSA) is 49.8 Å². The summed E-state index contributed by atoms with van der Waals surface area (Å²) >= 11 is 0. The number of amides is 1. The summed E-state index contributed by atoms with van der Waals surface area (Å²) in [5.74, 6) is 0. The van der Waals surface area contributed by atoms with Crippen molar-refractivity contribution in [3.8, 4) is 0 Å². The molecule has 0 unspecified atom stereocenters. The van der Waals surface area contributed by atoms with Gasteiger partial charge in [-0.05, 0) is 20.8 Å². The number of alkyl halides is 2. The van der Waals surface area contributed by atoms with Crippen LogP contribution in [0.5, 0.6) is 0 Å². The minimum atomic E-state index is -2.66. The van der Waals surface area contributed by atoms with Crippen LogP contribution >= 0.6 is 0 Å². The van der Waals surface area contributed by atoms with Crippen molar-refractivity contribution in [2.75, 3.05) is 6.54 Å². The Morgan fingerprint density at radius 3 is 2.50 bits per heavy atom. The molecule has 2 atom stereocenters. The number of halogens is 2. The third-order valence-electron chi connectivity index (χ3n) is 2.24. The lowest BCUT2D eigenvalue weighted by Crippen LogP contribution is -2.43. The molecule has 1 aliphatic heterocycles. The number of hydrogen-bond donors (Lipinski definition) is 1. The number of carbonyl (C=O) groups excluding carboxylic acids is 1. The number of nitrogens with zero attached hydrogens (tertiary/aromatic N) is 1. The molecule has 1 N–H and O–H groups in total. The molecular formula is C10H17F2NO3. The first-order valence-corrected chi connectivity index (χ1v) is 5.16. The smallest absolute Gasteiger partial charge is 0.410 e. The second kappa shape index (κ2) is 4.53. The van der Waals surface area contributed by atoms with Crippen molar-refractivity contribution < 1.29 is 23.4 Å². The average molecular weight is 237 g/mol. The van der Waals surface area contributed by atoms with E-state index in [0.717, 1.165) is 4.90 Å². The minimum absolute atomic E-state index is 0.0933. The van der Waals surface area contributed by atoms with Crippen LogP contribution in [0.15, 0.2) is 0 Å². The Morgan fingerprint density at radius 2 is 2.06 bits per heavy atom. The van der Waals surface area contributed by atoms with Gasteiger partial charge in [0.2, 0.25) is 0 Å². The van der Waals surface area contributed by atoms with Crippen LogP contribution in [0.3, 0.4) is 0 Å². The quantitative estimate of drug-likeness (QED) is 0.754. The fraction of sp³-hybridized carbons (Fsp3) is 0.900. The molecule has 94 valence electrons. The standard InChI is InChI=1S/C10H17F2NO3/c1-10(2,3)16-9(15)13-5-6(14)4-7(13)8(11)12/h6-8,14H,4-5H2,1-3H3/t6-,7+/m1/s1. The van der Waals surface area contributed by atoms with E-state index in [1.54, 1.807) is 20.8 Å². The van der Waals surface area contributed by atoms with Gasteiger partial charge < -0.3 is 9.84 Å². The van der Waals surface area contributed by atoms with Gasteiger partial charge >= 0.3 is 6.09 Å². The molecule has 0 aromatic heterocycles. The summed E-state index contributed by atoms with van der Waals surface area (Å²) in [4.78, 5) is 12.5. The van der Waals surface area contributed by atoms with E-state index in [9.17, 15) is 18.7 Å². The summed E-state index contributed by atoms with van der Waals surface area (Å²) < 4.78 is 30.2. The Balaban J connectivity index is 2.67. The van der Waals surface area contributed by atoms with Crippen molar-refractivity contribution in [3.63, 3.8) is 0 Å². The fourth-order valence-electron chi connectivity index (χ4n) is 1.61. The van der Waals surface area contributed by atoms with Crippen LogP contribution in [0.1, 0.15) is 27.2 Å². The normalized spacial score (nSPS) is 26.3. The van der Waals surface area contributed by atoms with E-state index < -0.39 is 30.3 Å². The lowest BCUT2D eigenvalue weighted by Gasteiger charge is -2.27. The molecule has 6 heteroatoms. The van der Waals surface area contributed by atoms with E-state index >= 15 is 0 Å². The van der Waals surface area contributed by atoms with Crippen molar-refractivity contribution in [1.29, 1.82) is 0 Å². The number of ether oxygens (including phenoxy) is 1. The first kappa shape index (κ1) is 13.2. The Hall–Kier alpha value is -0.910. The van der Waals surface area contributed by atoms with Gasteiger partial charge in [-0.2, -0.15) is 0 Å². The number of hydrogen-bond acceptors (Lipinski definition) is 3. The number of aliphatic hydroxyl groups excluding tert-OH is 1. The number of likely N-dealkylation sites (tertiary alicyclic amines) is 1. The second-order valence-corrected chi connectivity index (χ2v) is 4.92. The van der Waals surface area contributed by atoms with E-state index in [1.165, 1.54) is 0 Å². The van der Waals surface area contributed by atoms with Gasteiger partial charge in [-0.1, -0.05) is 0 Å². The first-order chi connectivity index (χ1) is 7.20. The lowest BCUT2D eigenvalue weighted by atomic mass is 10.2. The summed E-state index contributed by atoms with van der Waals surface area (Å²) in [6, 6.07) is -1.25. The van der Waals surface area contributed by atoms with Gasteiger partial charge in [-0.3, -0.25) is 4.90 Å². The lowest BCUT2D eigenvalue weighted by molar-refractivity contribution is -0.00250. The van der Waals surface area contributed by atoms with Crippen molar-refractivity contribution in [1.82, 2.24) is 4.90 Å². The highest BCUT2D eigenvalue weighted by Gasteiger charge is 2.41. The largest absolute Gasteiger partial charge is 0.444 e. The van der Waals surface area contributed by atoms with Crippen LogP contribution in [-0.4, -0.2) is 46.8 Å². The predicted molar refractivity (Wildman–Crippen MR) is 53.4 cm³/mol. The van der Waals surface area contributed by atoms with Crippen LogP contribution in [0.4, 0.5) is 13.6 Å². The van der Waals surface area contributed by atoms with Crippen LogP contribution in [0.25, 0.3) is 0 Å². The highest BCUT2D eigenvalue weighted by molar-refractivity contribution is 5.69. The van der Waals surface area contributed by atoms with E-state index in [0.29, 0.717) is 0 Å². The Morgan fingerprint density at radius 1 is 1.50 bits per heavy atom. The molecule has 1 amide bonds. The zero-order chi connectivity index (χ0) is 12.5. The maximum absolute atomic E-state index is 12.6. The molecule has 0 aliphatic carbocycles. The van der Waals surface area contributed by atoms with E-state index in [-0.39, 0.29) is 13.0 Å². The Bertz CT molecular complexity index is 265. The maximum Gasteiger partial charge on any atom is 0.410 e. The third-order valence-corrected chi connectivity index (χ3v) is 2.24. The van der Waals surface area contributed by atoms with Gasteiger partial charge in [0.05, 0.1) is 18.7 Å². The molecule has 0 spiro atoms. The van der Waals surface area contributed by atoms with Gasteiger partial charge in [0.15, 0.2) is 0 Å². The van der Waals surface area contributed by atoms with Gasteiger partial charge in [0.25, 0.3) is 6.43 Å². The Labute approximate surface area is 93.2 Å². The number of rotatable bonds is 1. The van der Waals surface area contributed by atoms with Crippen LogP contribution < -0.4 is 0 Å². The van der Waals surface area contributed by atoms with E-state index in [2.05, 4.69) is 0 Å². The van der Waals surface area contributed by atoms with Gasteiger partial charge in [-0.25, -0.2) is 13.6 Å². The van der Waals surface area contributed by atoms with Crippen molar-refractivity contribution in [3.05, 3.63) is 0 Å².